The van der Waals surface area contributed by atoms with Crippen LogP contribution >= 0.6 is 0 Å². The summed E-state index contributed by atoms with van der Waals surface area (Å²) in [6.07, 6.45) is -0.405. The highest BCUT2D eigenvalue weighted by atomic mass is 32.2. The Balaban J connectivity index is 1.54. The number of carbonyl (C=O) groups is 1. The van der Waals surface area contributed by atoms with Gasteiger partial charge in [0.1, 0.15) is 11.6 Å². The monoisotopic (exact) mass is 540 g/mol. The van der Waals surface area contributed by atoms with E-state index in [4.69, 9.17) is 0 Å². The van der Waals surface area contributed by atoms with Crippen LogP contribution in [-0.4, -0.2) is 38.1 Å². The molecule has 6 nitrogen and oxygen atoms in total. The van der Waals surface area contributed by atoms with Crippen molar-refractivity contribution in [2.45, 2.75) is 44.1 Å². The van der Waals surface area contributed by atoms with E-state index in [-0.39, 0.29) is 36.6 Å². The van der Waals surface area contributed by atoms with E-state index in [1.54, 1.807) is 18.2 Å². The normalized spacial score (nSPS) is 15.6. The first kappa shape index (κ1) is 27.5. The molecule has 0 radical (unpaired) electrons. The molecule has 38 heavy (non-hydrogen) atoms. The van der Waals surface area contributed by atoms with Gasteiger partial charge in [0, 0.05) is 18.2 Å². The van der Waals surface area contributed by atoms with Crippen molar-refractivity contribution in [1.82, 2.24) is 10.6 Å². The molecule has 3 N–H and O–H groups in total. The van der Waals surface area contributed by atoms with Crippen LogP contribution in [0.4, 0.5) is 8.78 Å². The standard InChI is InChI=1S/C29H30F2N2O4S/c1-2-19-8-9-22-17-38(36,37)18-27(25(22)12-19)32-16-28(34)26(13-21-10-23(30)15-24(31)11-21)33-29(35)14-20-6-4-3-5-7-20/h3-12,15,18,26,28,32,34H,2,13-14,16-17H2,1H3,(H,33,35). The predicted octanol–water partition coefficient (Wildman–Crippen LogP) is 3.67. The van der Waals surface area contributed by atoms with Crippen LogP contribution < -0.4 is 10.6 Å². The Morgan fingerprint density at radius 1 is 0.974 bits per heavy atom. The van der Waals surface area contributed by atoms with E-state index in [1.807, 2.05) is 37.3 Å². The highest BCUT2D eigenvalue weighted by molar-refractivity contribution is 7.93. The summed E-state index contributed by atoms with van der Waals surface area (Å²) in [5.41, 5.74) is 3.83. The molecule has 1 aliphatic heterocycles. The molecule has 2 unspecified atom stereocenters. The number of halogens is 2. The van der Waals surface area contributed by atoms with Gasteiger partial charge in [-0.05, 0) is 53.3 Å². The zero-order valence-electron chi connectivity index (χ0n) is 21.0. The van der Waals surface area contributed by atoms with Crippen LogP contribution in [0.1, 0.15) is 34.7 Å². The molecular formula is C29H30F2N2O4S. The number of carbonyl (C=O) groups excluding carboxylic acids is 1. The van der Waals surface area contributed by atoms with Gasteiger partial charge in [0.15, 0.2) is 9.84 Å². The van der Waals surface area contributed by atoms with E-state index in [0.29, 0.717) is 11.3 Å². The Morgan fingerprint density at radius 2 is 1.68 bits per heavy atom. The number of aryl methyl sites for hydroxylation is 1. The molecule has 1 heterocycles. The smallest absolute Gasteiger partial charge is 0.224 e. The molecule has 0 aromatic heterocycles. The molecule has 0 bridgehead atoms. The van der Waals surface area contributed by atoms with Crippen molar-refractivity contribution in [3.63, 3.8) is 0 Å². The summed E-state index contributed by atoms with van der Waals surface area (Å²) in [7, 11) is -3.50. The van der Waals surface area contributed by atoms with Crippen LogP contribution in [-0.2, 0) is 39.6 Å². The minimum atomic E-state index is -3.50. The van der Waals surface area contributed by atoms with Crippen molar-refractivity contribution in [2.24, 2.45) is 0 Å². The molecule has 3 aromatic rings. The van der Waals surface area contributed by atoms with Crippen molar-refractivity contribution in [2.75, 3.05) is 6.54 Å². The number of aliphatic hydroxyl groups excluding tert-OH is 1. The third-order valence-corrected chi connectivity index (χ3v) is 7.73. The average molecular weight is 541 g/mol. The lowest BCUT2D eigenvalue weighted by Gasteiger charge is -2.27. The Labute approximate surface area is 221 Å². The van der Waals surface area contributed by atoms with Gasteiger partial charge in [-0.25, -0.2) is 17.2 Å². The number of amides is 1. The number of benzene rings is 3. The molecule has 0 spiro atoms. The Morgan fingerprint density at radius 3 is 2.37 bits per heavy atom. The van der Waals surface area contributed by atoms with E-state index in [2.05, 4.69) is 10.6 Å². The summed E-state index contributed by atoms with van der Waals surface area (Å²) >= 11 is 0. The molecule has 0 saturated heterocycles. The third-order valence-electron chi connectivity index (χ3n) is 6.42. The first-order chi connectivity index (χ1) is 18.1. The number of fused-ring (bicyclic) bond motifs is 1. The van der Waals surface area contributed by atoms with Crippen LogP contribution in [0.25, 0.3) is 5.70 Å². The van der Waals surface area contributed by atoms with Crippen LogP contribution in [0, 0.1) is 11.6 Å². The minimum absolute atomic E-state index is 0.0357. The molecule has 9 heteroatoms. The van der Waals surface area contributed by atoms with Crippen LogP contribution in [0.5, 0.6) is 0 Å². The molecule has 4 rings (SSSR count). The highest BCUT2D eigenvalue weighted by Gasteiger charge is 2.26. The van der Waals surface area contributed by atoms with Crippen LogP contribution in [0.15, 0.2) is 72.1 Å². The zero-order valence-corrected chi connectivity index (χ0v) is 21.8. The minimum Gasteiger partial charge on any atom is -0.389 e. The molecule has 0 saturated carbocycles. The first-order valence-corrected chi connectivity index (χ1v) is 14.1. The summed E-state index contributed by atoms with van der Waals surface area (Å²) in [6, 6.07) is 16.8. The molecule has 200 valence electrons. The second kappa shape index (κ2) is 11.9. The Bertz CT molecular complexity index is 1420. The van der Waals surface area contributed by atoms with Gasteiger partial charge in [-0.15, -0.1) is 0 Å². The maximum absolute atomic E-state index is 13.8. The quantitative estimate of drug-likeness (QED) is 0.365. The van der Waals surface area contributed by atoms with Gasteiger partial charge in [0.25, 0.3) is 0 Å². The number of hydrogen-bond donors (Lipinski definition) is 3. The van der Waals surface area contributed by atoms with Crippen molar-refractivity contribution in [3.05, 3.63) is 112 Å². The summed E-state index contributed by atoms with van der Waals surface area (Å²) in [5.74, 6) is -2.00. The number of hydrogen-bond acceptors (Lipinski definition) is 5. The fourth-order valence-electron chi connectivity index (χ4n) is 4.52. The van der Waals surface area contributed by atoms with Gasteiger partial charge < -0.3 is 15.7 Å². The van der Waals surface area contributed by atoms with E-state index in [1.165, 1.54) is 0 Å². The van der Waals surface area contributed by atoms with E-state index in [9.17, 15) is 27.1 Å². The summed E-state index contributed by atoms with van der Waals surface area (Å²) < 4.78 is 52.6. The number of rotatable bonds is 10. The zero-order chi connectivity index (χ0) is 27.3. The molecule has 1 amide bonds. The van der Waals surface area contributed by atoms with Gasteiger partial charge >= 0.3 is 0 Å². The SMILES string of the molecule is CCc1ccc2c(c1)C(NCC(O)C(Cc1cc(F)cc(F)c1)NC(=O)Cc1ccccc1)=CS(=O)(=O)C2. The maximum atomic E-state index is 13.8. The van der Waals surface area contributed by atoms with Gasteiger partial charge in [-0.2, -0.15) is 0 Å². The number of sulfone groups is 1. The Kier molecular flexibility index (Phi) is 8.58. The second-order valence-corrected chi connectivity index (χ2v) is 11.3. The van der Waals surface area contributed by atoms with Crippen molar-refractivity contribution in [1.29, 1.82) is 0 Å². The van der Waals surface area contributed by atoms with Gasteiger partial charge in [-0.1, -0.05) is 49.4 Å². The number of aliphatic hydroxyl groups is 1. The summed E-state index contributed by atoms with van der Waals surface area (Å²) in [4.78, 5) is 12.8. The highest BCUT2D eigenvalue weighted by Crippen LogP contribution is 2.28. The molecule has 3 aromatic carbocycles. The van der Waals surface area contributed by atoms with Gasteiger partial charge in [-0.3, -0.25) is 4.79 Å². The third kappa shape index (κ3) is 7.26. The van der Waals surface area contributed by atoms with E-state index >= 15 is 0 Å². The van der Waals surface area contributed by atoms with Crippen LogP contribution in [0.2, 0.25) is 0 Å². The predicted molar refractivity (Wildman–Crippen MR) is 143 cm³/mol. The maximum Gasteiger partial charge on any atom is 0.224 e. The lowest BCUT2D eigenvalue weighted by molar-refractivity contribution is -0.122. The van der Waals surface area contributed by atoms with Crippen molar-refractivity contribution < 1.29 is 27.1 Å². The fourth-order valence-corrected chi connectivity index (χ4v) is 5.86. The summed E-state index contributed by atoms with van der Waals surface area (Å²) in [5, 5.41) is 18.1. The topological polar surface area (TPSA) is 95.5 Å². The fraction of sp³-hybridized carbons (Fsp3) is 0.276. The van der Waals surface area contributed by atoms with Crippen LogP contribution in [0.3, 0.4) is 0 Å². The lowest BCUT2D eigenvalue weighted by atomic mass is 9.99. The van der Waals surface area contributed by atoms with Gasteiger partial charge in [0.05, 0.1) is 35.4 Å². The summed E-state index contributed by atoms with van der Waals surface area (Å²) in [6.45, 7) is 1.89. The number of nitrogens with one attached hydrogen (secondary N) is 2. The largest absolute Gasteiger partial charge is 0.389 e. The van der Waals surface area contributed by atoms with Crippen molar-refractivity contribution in [3.8, 4) is 0 Å². The lowest BCUT2D eigenvalue weighted by Crippen LogP contribution is -2.49. The van der Waals surface area contributed by atoms with Gasteiger partial charge in [0.2, 0.25) is 5.91 Å². The molecule has 1 aliphatic rings. The first-order valence-electron chi connectivity index (χ1n) is 12.4. The van der Waals surface area contributed by atoms with E-state index in [0.717, 1.165) is 46.7 Å². The average Bonchev–Trinajstić information content (AvgIpc) is 2.86. The Hall–Kier alpha value is -3.56. The molecule has 0 aliphatic carbocycles. The van der Waals surface area contributed by atoms with E-state index < -0.39 is 33.6 Å². The second-order valence-electron chi connectivity index (χ2n) is 9.45. The molecule has 0 fully saturated rings. The van der Waals surface area contributed by atoms with Crippen molar-refractivity contribution >= 4 is 21.4 Å². The molecule has 2 atom stereocenters. The molecular weight excluding hydrogens is 510 g/mol.